The molecular formula is C11H13ClN2. The van der Waals surface area contributed by atoms with Crippen molar-refractivity contribution in [2.75, 3.05) is 0 Å². The van der Waals surface area contributed by atoms with Crippen molar-refractivity contribution in [2.24, 2.45) is 5.73 Å². The molecule has 2 nitrogen and oxygen atoms in total. The van der Waals surface area contributed by atoms with E-state index in [0.29, 0.717) is 10.6 Å². The Bertz CT molecular complexity index is 355. The van der Waals surface area contributed by atoms with Gasteiger partial charge < -0.3 is 5.73 Å². The highest BCUT2D eigenvalue weighted by Gasteiger charge is 2.09. The minimum atomic E-state index is -0.0276. The summed E-state index contributed by atoms with van der Waals surface area (Å²) in [4.78, 5) is 0. The van der Waals surface area contributed by atoms with Gasteiger partial charge in [0, 0.05) is 11.1 Å². The van der Waals surface area contributed by atoms with Gasteiger partial charge in [0.25, 0.3) is 0 Å². The zero-order chi connectivity index (χ0) is 10.6. The fourth-order valence-electron chi connectivity index (χ4n) is 1.36. The molecule has 0 aliphatic heterocycles. The van der Waals surface area contributed by atoms with E-state index in [0.717, 1.165) is 18.4 Å². The average molecular weight is 209 g/mol. The van der Waals surface area contributed by atoms with Crippen LogP contribution in [-0.4, -0.2) is 0 Å². The van der Waals surface area contributed by atoms with Gasteiger partial charge in [0.05, 0.1) is 11.6 Å². The molecule has 0 fully saturated rings. The molecule has 0 spiro atoms. The van der Waals surface area contributed by atoms with Crippen molar-refractivity contribution in [3.63, 3.8) is 0 Å². The van der Waals surface area contributed by atoms with Crippen LogP contribution in [0.25, 0.3) is 0 Å². The van der Waals surface area contributed by atoms with Gasteiger partial charge in [0.1, 0.15) is 0 Å². The van der Waals surface area contributed by atoms with Gasteiger partial charge >= 0.3 is 0 Å². The molecule has 0 aliphatic rings. The molecule has 0 aromatic heterocycles. The SMILES string of the molecule is CCC[C@@H](N)c1ccc(C#N)cc1Cl. The van der Waals surface area contributed by atoms with Gasteiger partial charge in [0.15, 0.2) is 0 Å². The fourth-order valence-corrected chi connectivity index (χ4v) is 1.68. The first-order valence-corrected chi connectivity index (χ1v) is 5.02. The zero-order valence-electron chi connectivity index (χ0n) is 8.13. The van der Waals surface area contributed by atoms with Gasteiger partial charge in [-0.2, -0.15) is 5.26 Å². The Labute approximate surface area is 89.3 Å². The zero-order valence-corrected chi connectivity index (χ0v) is 8.88. The van der Waals surface area contributed by atoms with Crippen molar-refractivity contribution < 1.29 is 0 Å². The predicted molar refractivity (Wildman–Crippen MR) is 58.0 cm³/mol. The lowest BCUT2D eigenvalue weighted by Gasteiger charge is -2.12. The summed E-state index contributed by atoms with van der Waals surface area (Å²) in [5.74, 6) is 0. The predicted octanol–water partition coefficient (Wildman–Crippen LogP) is 3.01. The van der Waals surface area contributed by atoms with Crippen LogP contribution >= 0.6 is 11.6 Å². The van der Waals surface area contributed by atoms with Gasteiger partial charge in [0.2, 0.25) is 0 Å². The monoisotopic (exact) mass is 208 g/mol. The van der Waals surface area contributed by atoms with Crippen molar-refractivity contribution in [3.05, 3.63) is 34.3 Å². The Balaban J connectivity index is 2.95. The molecule has 1 atom stereocenters. The number of hydrogen-bond donors (Lipinski definition) is 1. The number of benzene rings is 1. The van der Waals surface area contributed by atoms with Crippen molar-refractivity contribution in [1.29, 1.82) is 5.26 Å². The minimum Gasteiger partial charge on any atom is -0.324 e. The first-order valence-electron chi connectivity index (χ1n) is 4.64. The standard InChI is InChI=1S/C11H13ClN2/c1-2-3-11(14)9-5-4-8(7-13)6-10(9)12/h4-6,11H,2-3,14H2,1H3/t11-/m1/s1. The van der Waals surface area contributed by atoms with E-state index in [2.05, 4.69) is 6.92 Å². The summed E-state index contributed by atoms with van der Waals surface area (Å²) in [5, 5.41) is 9.24. The van der Waals surface area contributed by atoms with Gasteiger partial charge in [-0.15, -0.1) is 0 Å². The molecular weight excluding hydrogens is 196 g/mol. The van der Waals surface area contributed by atoms with Crippen LogP contribution in [0.3, 0.4) is 0 Å². The average Bonchev–Trinajstić information content (AvgIpc) is 2.17. The highest BCUT2D eigenvalue weighted by Crippen LogP contribution is 2.25. The number of nitriles is 1. The second-order valence-electron chi connectivity index (χ2n) is 3.24. The van der Waals surface area contributed by atoms with Crippen LogP contribution in [-0.2, 0) is 0 Å². The number of halogens is 1. The smallest absolute Gasteiger partial charge is 0.0992 e. The van der Waals surface area contributed by atoms with Crippen LogP contribution in [0, 0.1) is 11.3 Å². The van der Waals surface area contributed by atoms with E-state index < -0.39 is 0 Å². The molecule has 74 valence electrons. The topological polar surface area (TPSA) is 49.8 Å². The van der Waals surface area contributed by atoms with Gasteiger partial charge in [-0.3, -0.25) is 0 Å². The van der Waals surface area contributed by atoms with Crippen LogP contribution in [0.2, 0.25) is 5.02 Å². The number of nitrogens with zero attached hydrogens (tertiary/aromatic N) is 1. The van der Waals surface area contributed by atoms with E-state index in [1.165, 1.54) is 0 Å². The van der Waals surface area contributed by atoms with E-state index in [1.54, 1.807) is 12.1 Å². The second-order valence-corrected chi connectivity index (χ2v) is 3.65. The summed E-state index contributed by atoms with van der Waals surface area (Å²) in [7, 11) is 0. The Hall–Kier alpha value is -1.04. The molecule has 14 heavy (non-hydrogen) atoms. The maximum atomic E-state index is 8.66. The van der Waals surface area contributed by atoms with Crippen LogP contribution in [0.15, 0.2) is 18.2 Å². The van der Waals surface area contributed by atoms with Crippen LogP contribution in [0.5, 0.6) is 0 Å². The Morgan fingerprint density at radius 2 is 2.29 bits per heavy atom. The first-order chi connectivity index (χ1) is 6.69. The third kappa shape index (κ3) is 2.47. The van der Waals surface area contributed by atoms with Crippen molar-refractivity contribution in [1.82, 2.24) is 0 Å². The van der Waals surface area contributed by atoms with E-state index in [9.17, 15) is 0 Å². The lowest BCUT2D eigenvalue weighted by atomic mass is 10.0. The number of hydrogen-bond acceptors (Lipinski definition) is 2. The molecule has 0 heterocycles. The van der Waals surface area contributed by atoms with Crippen molar-refractivity contribution in [2.45, 2.75) is 25.8 Å². The second kappa shape index (κ2) is 4.99. The largest absolute Gasteiger partial charge is 0.324 e. The van der Waals surface area contributed by atoms with E-state index in [1.807, 2.05) is 12.1 Å². The molecule has 0 saturated heterocycles. The molecule has 0 saturated carbocycles. The fraction of sp³-hybridized carbons (Fsp3) is 0.364. The molecule has 0 unspecified atom stereocenters. The lowest BCUT2D eigenvalue weighted by molar-refractivity contribution is 0.638. The molecule has 2 N–H and O–H groups in total. The summed E-state index contributed by atoms with van der Waals surface area (Å²) >= 11 is 6.01. The number of nitrogens with two attached hydrogens (primary N) is 1. The van der Waals surface area contributed by atoms with Crippen LogP contribution in [0.1, 0.15) is 36.9 Å². The van der Waals surface area contributed by atoms with E-state index >= 15 is 0 Å². The normalized spacial score (nSPS) is 12.1. The molecule has 3 heteroatoms. The molecule has 0 aliphatic carbocycles. The molecule has 0 bridgehead atoms. The summed E-state index contributed by atoms with van der Waals surface area (Å²) < 4.78 is 0. The highest BCUT2D eigenvalue weighted by molar-refractivity contribution is 6.31. The summed E-state index contributed by atoms with van der Waals surface area (Å²) in [6, 6.07) is 7.25. The summed E-state index contributed by atoms with van der Waals surface area (Å²) in [6.07, 6.45) is 1.93. The molecule has 1 aromatic carbocycles. The lowest BCUT2D eigenvalue weighted by Crippen LogP contribution is -2.10. The Morgan fingerprint density at radius 3 is 2.79 bits per heavy atom. The Morgan fingerprint density at radius 1 is 1.57 bits per heavy atom. The summed E-state index contributed by atoms with van der Waals surface area (Å²) in [6.45, 7) is 2.08. The third-order valence-corrected chi connectivity index (χ3v) is 2.46. The molecule has 0 amide bonds. The van der Waals surface area contributed by atoms with Crippen molar-refractivity contribution >= 4 is 11.6 Å². The number of rotatable bonds is 3. The van der Waals surface area contributed by atoms with E-state index in [-0.39, 0.29) is 6.04 Å². The molecule has 0 radical (unpaired) electrons. The third-order valence-electron chi connectivity index (χ3n) is 2.13. The van der Waals surface area contributed by atoms with Gasteiger partial charge in [-0.25, -0.2) is 0 Å². The van der Waals surface area contributed by atoms with Crippen molar-refractivity contribution in [3.8, 4) is 6.07 Å². The molecule has 1 rings (SSSR count). The van der Waals surface area contributed by atoms with E-state index in [4.69, 9.17) is 22.6 Å². The van der Waals surface area contributed by atoms with Crippen LogP contribution < -0.4 is 5.73 Å². The molecule has 1 aromatic rings. The van der Waals surface area contributed by atoms with Crippen LogP contribution in [0.4, 0.5) is 0 Å². The quantitative estimate of drug-likeness (QED) is 0.830. The minimum absolute atomic E-state index is 0.0276. The van der Waals surface area contributed by atoms with Gasteiger partial charge in [-0.05, 0) is 24.1 Å². The Kier molecular flexibility index (Phi) is 3.94. The maximum Gasteiger partial charge on any atom is 0.0992 e. The maximum absolute atomic E-state index is 8.66. The highest BCUT2D eigenvalue weighted by atomic mass is 35.5. The van der Waals surface area contributed by atoms with Gasteiger partial charge in [-0.1, -0.05) is 31.0 Å². The summed E-state index contributed by atoms with van der Waals surface area (Å²) in [5.41, 5.74) is 7.43. The first kappa shape index (κ1) is 11.0.